The predicted molar refractivity (Wildman–Crippen MR) is 48.4 cm³/mol. The zero-order valence-corrected chi connectivity index (χ0v) is 9.51. The number of halogens is 6. The summed E-state index contributed by atoms with van der Waals surface area (Å²) in [7, 11) is 0. The van der Waals surface area contributed by atoms with Crippen molar-refractivity contribution in [3.63, 3.8) is 0 Å². The van der Waals surface area contributed by atoms with Gasteiger partial charge in [-0.25, -0.2) is 0 Å². The van der Waals surface area contributed by atoms with Crippen LogP contribution in [0, 0.1) is 0 Å². The summed E-state index contributed by atoms with van der Waals surface area (Å²) in [4.78, 5) is 0. The SMILES string of the molecule is ClC(Cl)(Cl)C[Si](Cl)(Cl)Cl. The van der Waals surface area contributed by atoms with Crippen LogP contribution in [0.3, 0.4) is 0 Å². The topological polar surface area (TPSA) is 0 Å². The molecule has 0 aliphatic carbocycles. The van der Waals surface area contributed by atoms with Crippen molar-refractivity contribution in [3.05, 3.63) is 0 Å². The third-order valence-corrected chi connectivity index (χ3v) is 3.61. The summed E-state index contributed by atoms with van der Waals surface area (Å²) in [6.07, 6.45) is 0. The van der Waals surface area contributed by atoms with Crippen LogP contribution in [0.15, 0.2) is 0 Å². The maximum Gasteiger partial charge on any atom is 0.345 e. The fraction of sp³-hybridized carbons (Fsp3) is 1.00. The summed E-state index contributed by atoms with van der Waals surface area (Å²) < 4.78 is -1.43. The van der Waals surface area contributed by atoms with Gasteiger partial charge in [0.15, 0.2) is 3.79 Å². The summed E-state index contributed by atoms with van der Waals surface area (Å²) >= 11 is 32.3. The summed E-state index contributed by atoms with van der Waals surface area (Å²) in [5, 5.41) is 0. The first-order valence-corrected chi connectivity index (χ1v) is 8.22. The molecule has 0 nitrogen and oxygen atoms in total. The highest BCUT2D eigenvalue weighted by molar-refractivity contribution is 7.65. The second kappa shape index (κ2) is 3.57. The van der Waals surface area contributed by atoms with Gasteiger partial charge < -0.3 is 0 Å². The van der Waals surface area contributed by atoms with Gasteiger partial charge in [-0.05, 0) is 0 Å². The second-order valence-corrected chi connectivity index (χ2v) is 13.1. The van der Waals surface area contributed by atoms with E-state index < -0.39 is 9.80 Å². The molecule has 0 aromatic carbocycles. The number of hydrogen-bond acceptors (Lipinski definition) is 0. The van der Waals surface area contributed by atoms with Gasteiger partial charge in [-0.3, -0.25) is 0 Å². The molecule has 0 aromatic heterocycles. The normalized spacial score (nSPS) is 14.0. The second-order valence-electron chi connectivity index (χ2n) is 1.41. The lowest BCUT2D eigenvalue weighted by Gasteiger charge is -2.13. The van der Waals surface area contributed by atoms with E-state index in [0.29, 0.717) is 0 Å². The molecule has 0 N–H and O–H groups in total. The minimum Gasteiger partial charge on any atom is -0.126 e. The highest BCUT2D eigenvalue weighted by atomic mass is 35.8. The third kappa shape index (κ3) is 9.96. The van der Waals surface area contributed by atoms with Crippen LogP contribution in [-0.4, -0.2) is 9.80 Å². The highest BCUT2D eigenvalue weighted by Gasteiger charge is 2.36. The fourth-order valence-corrected chi connectivity index (χ4v) is 6.14. The molecule has 0 bridgehead atoms. The largest absolute Gasteiger partial charge is 0.345 e. The van der Waals surface area contributed by atoms with Crippen molar-refractivity contribution in [1.29, 1.82) is 0 Å². The van der Waals surface area contributed by atoms with E-state index in [2.05, 4.69) is 0 Å². The van der Waals surface area contributed by atoms with Gasteiger partial charge >= 0.3 is 6.00 Å². The van der Waals surface area contributed by atoms with Gasteiger partial charge in [0.2, 0.25) is 0 Å². The molecule has 9 heavy (non-hydrogen) atoms. The molecule has 0 unspecified atom stereocenters. The van der Waals surface area contributed by atoms with E-state index in [0.717, 1.165) is 0 Å². The molecule has 0 fully saturated rings. The van der Waals surface area contributed by atoms with Gasteiger partial charge in [0, 0.05) is 6.04 Å². The van der Waals surface area contributed by atoms with E-state index in [4.69, 9.17) is 68.0 Å². The Balaban J connectivity index is 3.75. The Bertz CT molecular complexity index is 76.2. The Morgan fingerprint density at radius 1 is 1.00 bits per heavy atom. The molecule has 0 atom stereocenters. The Hall–Kier alpha value is 1.96. The zero-order chi connectivity index (χ0) is 7.71. The van der Waals surface area contributed by atoms with E-state index in [-0.39, 0.29) is 6.04 Å². The molecule has 0 heterocycles. The molecule has 0 aromatic rings. The highest BCUT2D eigenvalue weighted by Crippen LogP contribution is 2.40. The molecule has 7 heteroatoms. The molecule has 0 amide bonds. The fourth-order valence-electron chi connectivity index (χ4n) is 0.227. The molecule has 0 aliphatic rings. The molecule has 0 spiro atoms. The first kappa shape index (κ1) is 11.0. The first-order valence-electron chi connectivity index (χ1n) is 1.84. The minimum absolute atomic E-state index is 0.0231. The summed E-state index contributed by atoms with van der Waals surface area (Å²) in [6, 6.07) is -2.75. The van der Waals surface area contributed by atoms with Gasteiger partial charge in [0.25, 0.3) is 0 Å². The third-order valence-electron chi connectivity index (χ3n) is 0.401. The molecule has 0 saturated heterocycles. The van der Waals surface area contributed by atoms with Crippen molar-refractivity contribution in [2.75, 3.05) is 0 Å². The van der Waals surface area contributed by atoms with E-state index in [9.17, 15) is 0 Å². The molecule has 0 rings (SSSR count). The lowest BCUT2D eigenvalue weighted by molar-refractivity contribution is 1.24. The molecular formula is C2H2Cl6Si. The number of hydrogen-bond donors (Lipinski definition) is 0. The van der Waals surface area contributed by atoms with Gasteiger partial charge in [0.1, 0.15) is 0 Å². The van der Waals surface area contributed by atoms with Crippen molar-refractivity contribution in [2.45, 2.75) is 9.84 Å². The monoisotopic (exact) mass is 264 g/mol. The van der Waals surface area contributed by atoms with Crippen molar-refractivity contribution in [1.82, 2.24) is 0 Å². The van der Waals surface area contributed by atoms with Crippen LogP contribution in [0.1, 0.15) is 0 Å². The van der Waals surface area contributed by atoms with E-state index >= 15 is 0 Å². The lowest BCUT2D eigenvalue weighted by atomic mass is 10.9. The standard InChI is InChI=1S/C2H2Cl6Si/c3-2(4,5)1-9(6,7)8/h1H2. The molecule has 56 valence electrons. The average Bonchev–Trinajstić information content (AvgIpc) is 1.14. The van der Waals surface area contributed by atoms with Crippen LogP contribution in [0.5, 0.6) is 0 Å². The molecule has 0 aliphatic heterocycles. The van der Waals surface area contributed by atoms with E-state index in [1.165, 1.54) is 0 Å². The lowest BCUT2D eigenvalue weighted by Crippen LogP contribution is -2.18. The minimum atomic E-state index is -2.77. The maximum atomic E-state index is 5.43. The van der Waals surface area contributed by atoms with Crippen LogP contribution in [-0.2, 0) is 0 Å². The molecular weight excluding hydrogens is 265 g/mol. The van der Waals surface area contributed by atoms with Crippen LogP contribution < -0.4 is 0 Å². The van der Waals surface area contributed by atoms with Crippen LogP contribution in [0.25, 0.3) is 0 Å². The van der Waals surface area contributed by atoms with Crippen molar-refractivity contribution in [3.8, 4) is 0 Å². The van der Waals surface area contributed by atoms with Crippen LogP contribution >= 0.6 is 68.0 Å². The maximum absolute atomic E-state index is 5.43. The van der Waals surface area contributed by atoms with Crippen molar-refractivity contribution < 1.29 is 0 Å². The summed E-state index contributed by atoms with van der Waals surface area (Å²) in [5.41, 5.74) is 0. The molecule has 0 saturated carbocycles. The van der Waals surface area contributed by atoms with Gasteiger partial charge in [-0.15, -0.1) is 33.2 Å². The summed E-state index contributed by atoms with van der Waals surface area (Å²) in [6.45, 7) is 0. The number of rotatable bonds is 1. The van der Waals surface area contributed by atoms with Crippen molar-refractivity contribution >= 4 is 74.0 Å². The number of alkyl halides is 3. The Morgan fingerprint density at radius 3 is 1.33 bits per heavy atom. The molecule has 0 radical (unpaired) electrons. The Morgan fingerprint density at radius 2 is 1.33 bits per heavy atom. The van der Waals surface area contributed by atoms with Gasteiger partial charge in [0.05, 0.1) is 0 Å². The van der Waals surface area contributed by atoms with Crippen molar-refractivity contribution in [2.24, 2.45) is 0 Å². The van der Waals surface area contributed by atoms with Crippen LogP contribution in [0.2, 0.25) is 6.04 Å². The smallest absolute Gasteiger partial charge is 0.126 e. The van der Waals surface area contributed by atoms with E-state index in [1.807, 2.05) is 0 Å². The average molecular weight is 267 g/mol. The van der Waals surface area contributed by atoms with Gasteiger partial charge in [-0.1, -0.05) is 34.8 Å². The van der Waals surface area contributed by atoms with Crippen LogP contribution in [0.4, 0.5) is 0 Å². The Kier molecular flexibility index (Phi) is 4.35. The Labute approximate surface area is 83.4 Å². The van der Waals surface area contributed by atoms with Gasteiger partial charge in [-0.2, -0.15) is 0 Å². The predicted octanol–water partition coefficient (Wildman–Crippen LogP) is 4.01. The van der Waals surface area contributed by atoms with E-state index in [1.54, 1.807) is 0 Å². The first-order chi connectivity index (χ1) is 3.71. The zero-order valence-electron chi connectivity index (χ0n) is 3.97. The quantitative estimate of drug-likeness (QED) is 0.382. The summed E-state index contributed by atoms with van der Waals surface area (Å²) in [5.74, 6) is 0.